The average Bonchev–Trinajstić information content (AvgIpc) is 2.67. The van der Waals surface area contributed by atoms with Gasteiger partial charge >= 0.3 is 0 Å². The molecule has 3 aromatic rings. The topological polar surface area (TPSA) is 82.4 Å². The van der Waals surface area contributed by atoms with Gasteiger partial charge in [0.15, 0.2) is 11.5 Å². The molecule has 124 valence electrons. The highest BCUT2D eigenvalue weighted by atomic mass is 16.5. The number of pyridine rings is 1. The molecule has 0 bridgehead atoms. The van der Waals surface area contributed by atoms with Crippen LogP contribution in [-0.2, 0) is 0 Å². The van der Waals surface area contributed by atoms with Crippen LogP contribution in [0.4, 0.5) is 5.82 Å². The van der Waals surface area contributed by atoms with E-state index >= 15 is 0 Å². The fraction of sp³-hybridized carbons (Fsp3) is 0.100. The van der Waals surface area contributed by atoms with Crippen LogP contribution >= 0.6 is 0 Å². The summed E-state index contributed by atoms with van der Waals surface area (Å²) in [5, 5.41) is 9.54. The van der Waals surface area contributed by atoms with Crippen LogP contribution in [0.5, 0.6) is 11.5 Å². The average molecular weight is 332 g/mol. The van der Waals surface area contributed by atoms with Crippen molar-refractivity contribution in [3.8, 4) is 40.0 Å². The van der Waals surface area contributed by atoms with Crippen LogP contribution < -0.4 is 20.2 Å². The minimum atomic E-state index is 0.327. The van der Waals surface area contributed by atoms with Crippen molar-refractivity contribution in [3.05, 3.63) is 60.2 Å². The quantitative estimate of drug-likeness (QED) is 0.794. The molecule has 0 aliphatic carbocycles. The molecule has 0 amide bonds. The lowest BCUT2D eigenvalue weighted by atomic mass is 9.98. The van der Waals surface area contributed by atoms with Crippen molar-refractivity contribution in [2.45, 2.75) is 0 Å². The number of rotatable bonds is 4. The number of nitriles is 1. The van der Waals surface area contributed by atoms with E-state index in [1.165, 1.54) is 0 Å². The zero-order valence-corrected chi connectivity index (χ0v) is 14.0. The molecular weight excluding hydrogens is 314 g/mol. The van der Waals surface area contributed by atoms with Crippen molar-refractivity contribution in [1.82, 2.24) is 0 Å². The summed E-state index contributed by atoms with van der Waals surface area (Å²) >= 11 is 0. The first-order valence-electron chi connectivity index (χ1n) is 7.71. The molecule has 0 saturated carbocycles. The van der Waals surface area contributed by atoms with Gasteiger partial charge in [0.2, 0.25) is 0 Å². The molecule has 0 saturated heterocycles. The molecule has 0 aliphatic rings. The Labute approximate surface area is 146 Å². The van der Waals surface area contributed by atoms with E-state index in [1.807, 2.05) is 54.6 Å². The molecule has 0 spiro atoms. The molecule has 25 heavy (non-hydrogen) atoms. The fourth-order valence-corrected chi connectivity index (χ4v) is 2.73. The third-order valence-corrected chi connectivity index (χ3v) is 3.99. The molecule has 0 atom stereocenters. The van der Waals surface area contributed by atoms with Gasteiger partial charge in [-0.2, -0.15) is 5.26 Å². The van der Waals surface area contributed by atoms with E-state index in [4.69, 9.17) is 15.2 Å². The van der Waals surface area contributed by atoms with Crippen molar-refractivity contribution < 1.29 is 14.5 Å². The summed E-state index contributed by atoms with van der Waals surface area (Å²) in [6.45, 7) is 0. The number of nitrogen functional groups attached to an aromatic ring is 1. The number of methoxy groups -OCH3 is 2. The van der Waals surface area contributed by atoms with Gasteiger partial charge in [-0.3, -0.25) is 5.73 Å². The van der Waals surface area contributed by atoms with Crippen LogP contribution in [0.2, 0.25) is 0 Å². The normalized spacial score (nSPS) is 10.1. The highest BCUT2D eigenvalue weighted by molar-refractivity contribution is 5.79. The maximum Gasteiger partial charge on any atom is 0.289 e. The Morgan fingerprint density at radius 2 is 1.64 bits per heavy atom. The van der Waals surface area contributed by atoms with E-state index in [1.54, 1.807) is 14.2 Å². The van der Waals surface area contributed by atoms with Gasteiger partial charge in [-0.25, -0.2) is 4.98 Å². The second kappa shape index (κ2) is 6.93. The van der Waals surface area contributed by atoms with Crippen LogP contribution in [0.25, 0.3) is 22.4 Å². The summed E-state index contributed by atoms with van der Waals surface area (Å²) in [5.74, 6) is 1.55. The van der Waals surface area contributed by atoms with Gasteiger partial charge in [0.25, 0.3) is 5.82 Å². The molecule has 3 rings (SSSR count). The first-order chi connectivity index (χ1) is 12.2. The van der Waals surface area contributed by atoms with E-state index in [9.17, 15) is 5.26 Å². The number of nitrogens with one attached hydrogen (secondary N) is 1. The molecule has 3 N–H and O–H groups in total. The van der Waals surface area contributed by atoms with Crippen LogP contribution in [0.3, 0.4) is 0 Å². The first-order valence-corrected chi connectivity index (χ1v) is 7.71. The predicted octanol–water partition coefficient (Wildman–Crippen LogP) is 3.31. The molecule has 1 aromatic heterocycles. The van der Waals surface area contributed by atoms with E-state index in [0.29, 0.717) is 22.9 Å². The molecule has 5 heteroatoms. The van der Waals surface area contributed by atoms with E-state index in [2.05, 4.69) is 11.1 Å². The first kappa shape index (κ1) is 16.3. The maximum atomic E-state index is 9.54. The lowest BCUT2D eigenvalue weighted by molar-refractivity contribution is -0.346. The Morgan fingerprint density at radius 1 is 0.920 bits per heavy atom. The lowest BCUT2D eigenvalue weighted by Crippen LogP contribution is -2.16. The summed E-state index contributed by atoms with van der Waals surface area (Å²) in [7, 11) is 3.16. The fourth-order valence-electron chi connectivity index (χ4n) is 2.73. The molecular formula is C20H18N3O2+. The minimum absolute atomic E-state index is 0.327. The molecule has 5 nitrogen and oxygen atoms in total. The Bertz CT molecular complexity index is 947. The summed E-state index contributed by atoms with van der Waals surface area (Å²) in [4.78, 5) is 3.10. The molecule has 0 radical (unpaired) electrons. The second-order valence-electron chi connectivity index (χ2n) is 5.43. The lowest BCUT2D eigenvalue weighted by Gasteiger charge is -2.11. The number of aromatic nitrogens is 1. The number of nitrogens with two attached hydrogens (primary N) is 1. The van der Waals surface area contributed by atoms with Crippen molar-refractivity contribution in [1.29, 1.82) is 5.26 Å². The van der Waals surface area contributed by atoms with Crippen molar-refractivity contribution in [2.75, 3.05) is 20.0 Å². The molecule has 0 aliphatic heterocycles. The Hall–Kier alpha value is -3.52. The van der Waals surface area contributed by atoms with Crippen LogP contribution in [0.15, 0.2) is 54.6 Å². The number of ether oxygens (including phenoxy) is 2. The Balaban J connectivity index is 2.21. The highest BCUT2D eigenvalue weighted by Crippen LogP contribution is 2.35. The van der Waals surface area contributed by atoms with Gasteiger partial charge in [0, 0.05) is 11.1 Å². The number of nitrogens with zero attached hydrogens (tertiary/aromatic N) is 1. The third kappa shape index (κ3) is 3.10. The predicted molar refractivity (Wildman–Crippen MR) is 96.1 cm³/mol. The van der Waals surface area contributed by atoms with Gasteiger partial charge in [-0.05, 0) is 23.8 Å². The SMILES string of the molecule is COc1ccc(-c2cc(-c3ccccc3)[nH+]c(N)c2C#N)cc1OC. The number of aromatic amines is 1. The van der Waals surface area contributed by atoms with Gasteiger partial charge in [0.05, 0.1) is 14.2 Å². The van der Waals surface area contributed by atoms with Gasteiger partial charge < -0.3 is 9.47 Å². The zero-order chi connectivity index (χ0) is 17.8. The second-order valence-corrected chi connectivity index (χ2v) is 5.43. The third-order valence-electron chi connectivity index (χ3n) is 3.99. The summed E-state index contributed by atoms with van der Waals surface area (Å²) < 4.78 is 10.6. The number of H-pyrrole nitrogens is 1. The van der Waals surface area contributed by atoms with E-state index in [-0.39, 0.29) is 0 Å². The minimum Gasteiger partial charge on any atom is -0.493 e. The van der Waals surface area contributed by atoms with Crippen LogP contribution in [0.1, 0.15) is 5.56 Å². The number of hydrogen-bond acceptors (Lipinski definition) is 4. The van der Waals surface area contributed by atoms with Crippen molar-refractivity contribution in [3.63, 3.8) is 0 Å². The maximum absolute atomic E-state index is 9.54. The van der Waals surface area contributed by atoms with Crippen molar-refractivity contribution in [2.24, 2.45) is 0 Å². The molecule has 0 fully saturated rings. The largest absolute Gasteiger partial charge is 0.493 e. The molecule has 2 aromatic carbocycles. The Morgan fingerprint density at radius 3 is 2.28 bits per heavy atom. The highest BCUT2D eigenvalue weighted by Gasteiger charge is 2.18. The van der Waals surface area contributed by atoms with Crippen molar-refractivity contribution >= 4 is 5.82 Å². The number of benzene rings is 2. The van der Waals surface area contributed by atoms with Gasteiger partial charge in [-0.15, -0.1) is 0 Å². The number of anilines is 1. The zero-order valence-electron chi connectivity index (χ0n) is 14.0. The van der Waals surface area contributed by atoms with Gasteiger partial charge in [0.1, 0.15) is 17.3 Å². The number of hydrogen-bond donors (Lipinski definition) is 1. The van der Waals surface area contributed by atoms with E-state index in [0.717, 1.165) is 22.4 Å². The molecule has 1 heterocycles. The smallest absolute Gasteiger partial charge is 0.289 e. The van der Waals surface area contributed by atoms with Crippen LogP contribution in [0, 0.1) is 11.3 Å². The monoisotopic (exact) mass is 332 g/mol. The summed E-state index contributed by atoms with van der Waals surface area (Å²) in [6, 6.07) is 19.4. The van der Waals surface area contributed by atoms with Crippen LogP contribution in [-0.4, -0.2) is 14.2 Å². The Kier molecular flexibility index (Phi) is 4.53. The van der Waals surface area contributed by atoms with E-state index < -0.39 is 0 Å². The summed E-state index contributed by atoms with van der Waals surface area (Å²) in [5.41, 5.74) is 9.88. The summed E-state index contributed by atoms with van der Waals surface area (Å²) in [6.07, 6.45) is 0. The standard InChI is InChI=1S/C20H17N3O2/c1-24-18-9-8-14(10-19(18)25-2)15-11-17(13-6-4-3-5-7-13)23-20(22)16(15)12-21/h3-11H,1-2H3,(H2,22,23)/p+1. The van der Waals surface area contributed by atoms with Gasteiger partial charge in [-0.1, -0.05) is 36.4 Å². The molecule has 0 unspecified atom stereocenters.